The minimum atomic E-state index is -0.510. The van der Waals surface area contributed by atoms with E-state index >= 15 is 0 Å². The van der Waals surface area contributed by atoms with Crippen LogP contribution in [0, 0.1) is 6.92 Å². The average Bonchev–Trinajstić information content (AvgIpc) is 2.76. The lowest BCUT2D eigenvalue weighted by molar-refractivity contribution is 0.0734. The number of nitrogens with zero attached hydrogens (tertiary/aromatic N) is 1. The third kappa shape index (κ3) is 6.26. The van der Waals surface area contributed by atoms with Crippen molar-refractivity contribution in [2.24, 2.45) is 5.10 Å². The van der Waals surface area contributed by atoms with E-state index in [0.29, 0.717) is 34.8 Å². The number of ether oxygens (including phenoxy) is 2. The van der Waals surface area contributed by atoms with Gasteiger partial charge in [0.15, 0.2) is 0 Å². The van der Waals surface area contributed by atoms with E-state index in [4.69, 9.17) is 9.47 Å². The van der Waals surface area contributed by atoms with Gasteiger partial charge in [0.25, 0.3) is 5.91 Å². The molecular weight excluding hydrogens is 460 g/mol. The van der Waals surface area contributed by atoms with Gasteiger partial charge in [-0.05, 0) is 68.4 Å². The molecule has 0 heterocycles. The Morgan fingerprint density at radius 2 is 1.68 bits per heavy atom. The summed E-state index contributed by atoms with van der Waals surface area (Å²) in [6.07, 6.45) is 1.43. The maximum atomic E-state index is 12.5. The first-order valence-electron chi connectivity index (χ1n) is 9.61. The molecule has 158 valence electrons. The summed E-state index contributed by atoms with van der Waals surface area (Å²) in [6, 6.07) is 19.0. The van der Waals surface area contributed by atoms with Crippen LogP contribution in [0.1, 0.15) is 38.8 Å². The Hall–Kier alpha value is -3.45. The molecule has 0 saturated carbocycles. The van der Waals surface area contributed by atoms with Crippen molar-refractivity contribution in [3.8, 4) is 11.5 Å². The molecule has 1 amide bonds. The van der Waals surface area contributed by atoms with E-state index < -0.39 is 5.97 Å². The van der Waals surface area contributed by atoms with Crippen LogP contribution in [0.25, 0.3) is 0 Å². The Kier molecular flexibility index (Phi) is 7.56. The predicted molar refractivity (Wildman–Crippen MR) is 123 cm³/mol. The molecule has 0 fully saturated rings. The number of benzene rings is 3. The number of hydrogen-bond acceptors (Lipinski definition) is 5. The van der Waals surface area contributed by atoms with Gasteiger partial charge in [0.2, 0.25) is 0 Å². The fourth-order valence-electron chi connectivity index (χ4n) is 2.66. The van der Waals surface area contributed by atoms with Gasteiger partial charge in [0, 0.05) is 15.6 Å². The molecule has 3 aromatic rings. The maximum absolute atomic E-state index is 12.5. The van der Waals surface area contributed by atoms with Crippen LogP contribution in [0.3, 0.4) is 0 Å². The van der Waals surface area contributed by atoms with Crippen molar-refractivity contribution in [2.45, 2.75) is 13.8 Å². The first-order chi connectivity index (χ1) is 15.0. The van der Waals surface area contributed by atoms with Crippen LogP contribution in [-0.2, 0) is 0 Å². The van der Waals surface area contributed by atoms with Crippen LogP contribution in [0.15, 0.2) is 76.3 Å². The summed E-state index contributed by atoms with van der Waals surface area (Å²) in [7, 11) is 0. The van der Waals surface area contributed by atoms with Crippen molar-refractivity contribution in [1.29, 1.82) is 0 Å². The number of aryl methyl sites for hydroxylation is 1. The zero-order chi connectivity index (χ0) is 22.2. The molecule has 31 heavy (non-hydrogen) atoms. The smallest absolute Gasteiger partial charge is 0.343 e. The fraction of sp³-hybridized carbons (Fsp3) is 0.125. The number of hydrazone groups is 1. The van der Waals surface area contributed by atoms with Crippen LogP contribution >= 0.6 is 15.9 Å². The molecule has 0 spiro atoms. The summed E-state index contributed by atoms with van der Waals surface area (Å²) in [4.78, 5) is 24.7. The zero-order valence-corrected chi connectivity index (χ0v) is 18.7. The lowest BCUT2D eigenvalue weighted by atomic mass is 10.1. The van der Waals surface area contributed by atoms with E-state index in [0.717, 1.165) is 10.0 Å². The van der Waals surface area contributed by atoms with Gasteiger partial charge in [-0.25, -0.2) is 10.2 Å². The molecule has 0 aromatic heterocycles. The normalized spacial score (nSPS) is 10.7. The Bertz CT molecular complexity index is 1090. The number of halogens is 1. The Labute approximate surface area is 189 Å². The van der Waals surface area contributed by atoms with Crippen LogP contribution in [-0.4, -0.2) is 24.7 Å². The van der Waals surface area contributed by atoms with Gasteiger partial charge in [0.1, 0.15) is 11.5 Å². The Morgan fingerprint density at radius 1 is 1.00 bits per heavy atom. The van der Waals surface area contributed by atoms with Crippen molar-refractivity contribution in [1.82, 2.24) is 5.43 Å². The van der Waals surface area contributed by atoms with Crippen molar-refractivity contribution in [3.05, 3.63) is 93.5 Å². The second-order valence-electron chi connectivity index (χ2n) is 6.59. The highest BCUT2D eigenvalue weighted by Gasteiger charge is 2.12. The predicted octanol–water partition coefficient (Wildman–Crippen LogP) is 5.14. The molecule has 0 bridgehead atoms. The first-order valence-corrected chi connectivity index (χ1v) is 10.4. The number of nitrogens with one attached hydrogen (secondary N) is 1. The lowest BCUT2D eigenvalue weighted by Crippen LogP contribution is -2.17. The van der Waals surface area contributed by atoms with E-state index in [1.165, 1.54) is 6.21 Å². The van der Waals surface area contributed by atoms with Gasteiger partial charge in [-0.2, -0.15) is 5.10 Å². The number of hydrogen-bond donors (Lipinski definition) is 1. The first kappa shape index (κ1) is 22.2. The molecule has 0 saturated heterocycles. The maximum Gasteiger partial charge on any atom is 0.343 e. The highest BCUT2D eigenvalue weighted by molar-refractivity contribution is 9.10. The van der Waals surface area contributed by atoms with E-state index in [1.807, 2.05) is 26.0 Å². The number of carbonyl (C=O) groups excluding carboxylic acids is 2. The van der Waals surface area contributed by atoms with Crippen molar-refractivity contribution >= 4 is 34.0 Å². The molecule has 7 heteroatoms. The van der Waals surface area contributed by atoms with Crippen LogP contribution in [0.2, 0.25) is 0 Å². The van der Waals surface area contributed by atoms with Gasteiger partial charge in [-0.15, -0.1) is 0 Å². The quantitative estimate of drug-likeness (QED) is 0.220. The Morgan fingerprint density at radius 3 is 2.35 bits per heavy atom. The molecule has 1 N–H and O–H groups in total. The average molecular weight is 481 g/mol. The minimum Gasteiger partial charge on any atom is -0.494 e. The molecular formula is C24H21BrN2O4. The molecule has 0 atom stereocenters. The molecule has 3 rings (SSSR count). The summed E-state index contributed by atoms with van der Waals surface area (Å²) in [6.45, 7) is 4.39. The number of amides is 1. The van der Waals surface area contributed by atoms with Gasteiger partial charge in [-0.1, -0.05) is 33.6 Å². The SMILES string of the molecule is CCOc1ccc(C(=O)Oc2ccc(Br)cc2/C=N/NC(=O)c2ccc(C)cc2)cc1. The number of esters is 1. The highest BCUT2D eigenvalue weighted by atomic mass is 79.9. The summed E-state index contributed by atoms with van der Waals surface area (Å²) < 4.78 is 11.7. The van der Waals surface area contributed by atoms with E-state index in [1.54, 1.807) is 54.6 Å². The van der Waals surface area contributed by atoms with Crippen LogP contribution < -0.4 is 14.9 Å². The topological polar surface area (TPSA) is 77.0 Å². The standard InChI is InChI=1S/C24H21BrN2O4/c1-3-30-21-11-8-18(9-12-21)24(29)31-22-13-10-20(25)14-19(22)15-26-27-23(28)17-6-4-16(2)5-7-17/h4-15H,3H2,1-2H3,(H,27,28)/b26-15+. The lowest BCUT2D eigenvalue weighted by Gasteiger charge is -2.09. The van der Waals surface area contributed by atoms with E-state index in [2.05, 4.69) is 26.5 Å². The molecule has 3 aromatic carbocycles. The third-order valence-corrected chi connectivity index (χ3v) is 4.75. The van der Waals surface area contributed by atoms with E-state index in [-0.39, 0.29) is 5.91 Å². The zero-order valence-electron chi connectivity index (χ0n) is 17.1. The summed E-state index contributed by atoms with van der Waals surface area (Å²) >= 11 is 3.39. The summed E-state index contributed by atoms with van der Waals surface area (Å²) in [5.41, 5.74) is 4.96. The molecule has 0 radical (unpaired) electrons. The third-order valence-electron chi connectivity index (χ3n) is 4.26. The second kappa shape index (κ2) is 10.5. The number of carbonyl (C=O) groups is 2. The largest absolute Gasteiger partial charge is 0.494 e. The van der Waals surface area contributed by atoms with Gasteiger partial charge in [-0.3, -0.25) is 4.79 Å². The molecule has 0 aliphatic carbocycles. The summed E-state index contributed by atoms with van der Waals surface area (Å²) in [5.74, 6) is 0.151. The second-order valence-corrected chi connectivity index (χ2v) is 7.51. The minimum absolute atomic E-state index is 0.315. The van der Waals surface area contributed by atoms with Crippen molar-refractivity contribution in [2.75, 3.05) is 6.61 Å². The van der Waals surface area contributed by atoms with Crippen molar-refractivity contribution in [3.63, 3.8) is 0 Å². The van der Waals surface area contributed by atoms with Gasteiger partial charge >= 0.3 is 5.97 Å². The summed E-state index contributed by atoms with van der Waals surface area (Å²) in [5, 5.41) is 4.00. The van der Waals surface area contributed by atoms with Crippen LogP contribution in [0.4, 0.5) is 0 Å². The van der Waals surface area contributed by atoms with Crippen molar-refractivity contribution < 1.29 is 19.1 Å². The molecule has 0 aliphatic heterocycles. The van der Waals surface area contributed by atoms with E-state index in [9.17, 15) is 9.59 Å². The van der Waals surface area contributed by atoms with Crippen LogP contribution in [0.5, 0.6) is 11.5 Å². The molecule has 0 unspecified atom stereocenters. The monoisotopic (exact) mass is 480 g/mol. The number of rotatable bonds is 7. The highest BCUT2D eigenvalue weighted by Crippen LogP contribution is 2.23. The molecule has 0 aliphatic rings. The van der Waals surface area contributed by atoms with Gasteiger partial charge in [0.05, 0.1) is 18.4 Å². The molecule has 6 nitrogen and oxygen atoms in total. The van der Waals surface area contributed by atoms with Gasteiger partial charge < -0.3 is 9.47 Å². The fourth-order valence-corrected chi connectivity index (χ4v) is 3.03. The Balaban J connectivity index is 1.71.